The zero-order valence-electron chi connectivity index (χ0n) is 17.5. The van der Waals surface area contributed by atoms with Crippen LogP contribution in [-0.2, 0) is 4.74 Å². The Kier molecular flexibility index (Phi) is 5.40. The molecule has 5 rings (SSSR count). The van der Waals surface area contributed by atoms with Crippen LogP contribution in [0.1, 0.15) is 16.2 Å². The molecule has 0 bridgehead atoms. The number of halogens is 1. The van der Waals surface area contributed by atoms with E-state index in [1.165, 1.54) is 0 Å². The van der Waals surface area contributed by atoms with Crippen molar-refractivity contribution in [3.8, 4) is 16.8 Å². The first kappa shape index (κ1) is 20.7. The molecule has 1 saturated heterocycles. The Morgan fingerprint density at radius 3 is 2.53 bits per heavy atom. The minimum atomic E-state index is -1.07. The summed E-state index contributed by atoms with van der Waals surface area (Å²) < 4.78 is 8.12. The summed E-state index contributed by atoms with van der Waals surface area (Å²) in [6, 6.07) is 17.4. The first-order valence-electron chi connectivity index (χ1n) is 10.3. The van der Waals surface area contributed by atoms with Crippen molar-refractivity contribution in [2.45, 2.75) is 6.92 Å². The van der Waals surface area contributed by atoms with E-state index in [0.717, 1.165) is 51.1 Å². The lowest BCUT2D eigenvalue weighted by Gasteiger charge is -2.29. The van der Waals surface area contributed by atoms with Crippen LogP contribution in [0.5, 0.6) is 0 Å². The lowest BCUT2D eigenvalue weighted by Crippen LogP contribution is -2.36. The number of rotatable bonds is 4. The van der Waals surface area contributed by atoms with Crippen molar-refractivity contribution in [1.29, 1.82) is 0 Å². The average molecular weight is 493 g/mol. The van der Waals surface area contributed by atoms with Crippen molar-refractivity contribution >= 4 is 38.6 Å². The summed E-state index contributed by atoms with van der Waals surface area (Å²) in [7, 11) is 0. The van der Waals surface area contributed by atoms with Gasteiger partial charge in [0, 0.05) is 17.6 Å². The summed E-state index contributed by atoms with van der Waals surface area (Å²) in [6.45, 7) is 5.01. The van der Waals surface area contributed by atoms with Gasteiger partial charge >= 0.3 is 5.97 Å². The number of para-hydroxylation sites is 1. The number of morpholine rings is 1. The van der Waals surface area contributed by atoms with E-state index in [1.54, 1.807) is 10.7 Å². The largest absolute Gasteiger partial charge is 0.477 e. The molecule has 0 atom stereocenters. The van der Waals surface area contributed by atoms with Crippen molar-refractivity contribution in [3.63, 3.8) is 0 Å². The van der Waals surface area contributed by atoms with E-state index in [1.807, 2.05) is 49.4 Å². The van der Waals surface area contributed by atoms with Gasteiger partial charge in [0.15, 0.2) is 11.3 Å². The second-order valence-corrected chi connectivity index (χ2v) is 8.51. The predicted molar refractivity (Wildman–Crippen MR) is 127 cm³/mol. The maximum absolute atomic E-state index is 11.9. The van der Waals surface area contributed by atoms with Gasteiger partial charge < -0.3 is 14.7 Å². The van der Waals surface area contributed by atoms with Crippen molar-refractivity contribution in [2.24, 2.45) is 0 Å². The average Bonchev–Trinajstić information content (AvgIpc) is 3.16. The molecule has 162 valence electrons. The van der Waals surface area contributed by atoms with Crippen LogP contribution in [0.2, 0.25) is 0 Å². The highest BCUT2D eigenvalue weighted by molar-refractivity contribution is 9.10. The molecule has 1 aliphatic heterocycles. The van der Waals surface area contributed by atoms with Gasteiger partial charge in [-0.15, -0.1) is 0 Å². The van der Waals surface area contributed by atoms with E-state index in [0.29, 0.717) is 18.9 Å². The molecule has 0 saturated carbocycles. The minimum absolute atomic E-state index is 0.0158. The van der Waals surface area contributed by atoms with Gasteiger partial charge in [0.1, 0.15) is 0 Å². The Morgan fingerprint density at radius 1 is 1.09 bits per heavy atom. The molecule has 2 aromatic carbocycles. The summed E-state index contributed by atoms with van der Waals surface area (Å²) in [5.41, 5.74) is 4.92. The maximum atomic E-state index is 11.9. The first-order valence-corrected chi connectivity index (χ1v) is 11.1. The molecule has 1 fully saturated rings. The lowest BCUT2D eigenvalue weighted by atomic mass is 10.0. The number of anilines is 1. The number of carboxylic acids is 1. The molecule has 0 amide bonds. The zero-order chi connectivity index (χ0) is 22.2. The molecule has 1 N–H and O–H groups in total. The van der Waals surface area contributed by atoms with Crippen LogP contribution in [0, 0.1) is 6.92 Å². The standard InChI is InChI=1S/C24H21BrN4O3/c1-15-22-18(16-7-8-21(19(25)13-16)28-9-11-32-12-10-28)14-20(24(30)31)26-23(22)29(27-15)17-5-3-2-4-6-17/h2-8,13-14H,9-12H2,1H3,(H,30,31). The van der Waals surface area contributed by atoms with E-state index >= 15 is 0 Å². The summed E-state index contributed by atoms with van der Waals surface area (Å²) >= 11 is 3.72. The second-order valence-electron chi connectivity index (χ2n) is 7.66. The van der Waals surface area contributed by atoms with Crippen molar-refractivity contribution in [3.05, 3.63) is 70.5 Å². The number of aryl methyl sites for hydroxylation is 1. The second kappa shape index (κ2) is 8.37. The number of aromatic nitrogens is 3. The lowest BCUT2D eigenvalue weighted by molar-refractivity contribution is 0.0691. The van der Waals surface area contributed by atoms with Crippen LogP contribution in [0.4, 0.5) is 5.69 Å². The minimum Gasteiger partial charge on any atom is -0.477 e. The number of carboxylic acid groups (broad SMARTS) is 1. The van der Waals surface area contributed by atoms with Crippen LogP contribution in [0.25, 0.3) is 27.8 Å². The van der Waals surface area contributed by atoms with Crippen LogP contribution in [0.3, 0.4) is 0 Å². The number of carbonyl (C=O) groups is 1. The van der Waals surface area contributed by atoms with Gasteiger partial charge in [0.25, 0.3) is 0 Å². The molecule has 8 heteroatoms. The molecule has 3 heterocycles. The molecule has 2 aromatic heterocycles. The number of ether oxygens (including phenoxy) is 1. The summed E-state index contributed by atoms with van der Waals surface area (Å²) in [4.78, 5) is 18.6. The fourth-order valence-corrected chi connectivity index (χ4v) is 4.74. The number of aromatic carboxylic acids is 1. The molecule has 7 nitrogen and oxygen atoms in total. The van der Waals surface area contributed by atoms with Gasteiger partial charge in [-0.05, 0) is 64.3 Å². The Balaban J connectivity index is 1.69. The normalized spacial score (nSPS) is 14.1. The SMILES string of the molecule is Cc1nn(-c2ccccc2)c2nc(C(=O)O)cc(-c3ccc(N4CCOCC4)c(Br)c3)c12. The molecule has 0 unspecified atom stereocenters. The molecule has 32 heavy (non-hydrogen) atoms. The number of hydrogen-bond acceptors (Lipinski definition) is 5. The van der Waals surface area contributed by atoms with E-state index in [2.05, 4.69) is 37.0 Å². The Morgan fingerprint density at radius 2 is 1.84 bits per heavy atom. The molecular weight excluding hydrogens is 472 g/mol. The number of pyridine rings is 1. The first-order chi connectivity index (χ1) is 15.5. The smallest absolute Gasteiger partial charge is 0.354 e. The van der Waals surface area contributed by atoms with Crippen LogP contribution in [0.15, 0.2) is 59.1 Å². The number of fused-ring (bicyclic) bond motifs is 1. The highest BCUT2D eigenvalue weighted by Gasteiger charge is 2.21. The molecule has 0 aliphatic carbocycles. The number of hydrogen-bond donors (Lipinski definition) is 1. The van der Waals surface area contributed by atoms with Crippen molar-refractivity contribution in [1.82, 2.24) is 14.8 Å². The molecule has 0 radical (unpaired) electrons. The van der Waals surface area contributed by atoms with E-state index in [4.69, 9.17) is 4.74 Å². The topological polar surface area (TPSA) is 80.5 Å². The van der Waals surface area contributed by atoms with Crippen molar-refractivity contribution in [2.75, 3.05) is 31.2 Å². The molecule has 1 aliphatic rings. The third-order valence-electron chi connectivity index (χ3n) is 5.64. The van der Waals surface area contributed by atoms with Crippen LogP contribution in [-0.4, -0.2) is 52.1 Å². The third-order valence-corrected chi connectivity index (χ3v) is 6.28. The van der Waals surface area contributed by atoms with E-state index in [9.17, 15) is 9.90 Å². The molecule has 0 spiro atoms. The van der Waals surface area contributed by atoms with E-state index in [-0.39, 0.29) is 5.69 Å². The highest BCUT2D eigenvalue weighted by Crippen LogP contribution is 2.36. The maximum Gasteiger partial charge on any atom is 0.354 e. The van der Waals surface area contributed by atoms with E-state index < -0.39 is 5.97 Å². The van der Waals surface area contributed by atoms with Crippen LogP contribution >= 0.6 is 15.9 Å². The van der Waals surface area contributed by atoms with Gasteiger partial charge in [0.05, 0.1) is 35.7 Å². The Labute approximate surface area is 193 Å². The van der Waals surface area contributed by atoms with Gasteiger partial charge in [-0.25, -0.2) is 14.5 Å². The number of nitrogens with zero attached hydrogens (tertiary/aromatic N) is 4. The monoisotopic (exact) mass is 492 g/mol. The van der Waals surface area contributed by atoms with Crippen LogP contribution < -0.4 is 4.90 Å². The van der Waals surface area contributed by atoms with Crippen molar-refractivity contribution < 1.29 is 14.6 Å². The summed E-state index contributed by atoms with van der Waals surface area (Å²) in [5.74, 6) is -1.07. The molecular formula is C24H21BrN4O3. The predicted octanol–water partition coefficient (Wildman–Crippen LogP) is 4.69. The summed E-state index contributed by atoms with van der Waals surface area (Å²) in [5, 5.41) is 15.3. The van der Waals surface area contributed by atoms with Gasteiger partial charge in [-0.2, -0.15) is 5.10 Å². The zero-order valence-corrected chi connectivity index (χ0v) is 19.0. The summed E-state index contributed by atoms with van der Waals surface area (Å²) in [6.07, 6.45) is 0. The Bertz CT molecular complexity index is 1310. The van der Waals surface area contributed by atoms with Gasteiger partial charge in [0.2, 0.25) is 0 Å². The third kappa shape index (κ3) is 3.65. The Hall–Kier alpha value is -3.23. The quantitative estimate of drug-likeness (QED) is 0.444. The van der Waals surface area contributed by atoms with Gasteiger partial charge in [-0.3, -0.25) is 0 Å². The molecule has 4 aromatic rings. The fourth-order valence-electron chi connectivity index (χ4n) is 4.11. The van der Waals surface area contributed by atoms with Gasteiger partial charge in [-0.1, -0.05) is 24.3 Å². The number of benzene rings is 2. The fraction of sp³-hybridized carbons (Fsp3) is 0.208. The highest BCUT2D eigenvalue weighted by atomic mass is 79.9.